The maximum absolute atomic E-state index is 13.1. The molecule has 2 aromatic carbocycles. The molecule has 0 bridgehead atoms. The number of hydrogen-bond donors (Lipinski definition) is 2. The minimum atomic E-state index is -4.49. The van der Waals surface area contributed by atoms with E-state index < -0.39 is 24.5 Å². The van der Waals surface area contributed by atoms with Gasteiger partial charge in [-0.3, -0.25) is 4.79 Å². The molecular weight excluding hydrogens is 317 g/mol. The Bertz CT molecular complexity index is 630. The molecular formula is C18H19F3N2O. The fraction of sp³-hybridized carbons (Fsp3) is 0.278. The SMILES string of the molecule is O=C(CC(NCc1ccccc1)C(F)(F)F)NCc1ccccc1. The van der Waals surface area contributed by atoms with Crippen LogP contribution in [0.5, 0.6) is 0 Å². The van der Waals surface area contributed by atoms with Gasteiger partial charge >= 0.3 is 6.18 Å². The number of carbonyl (C=O) groups excluding carboxylic acids is 1. The molecule has 0 heterocycles. The van der Waals surface area contributed by atoms with Gasteiger partial charge in [-0.25, -0.2) is 0 Å². The number of halogens is 3. The smallest absolute Gasteiger partial charge is 0.352 e. The van der Waals surface area contributed by atoms with E-state index in [1.807, 2.05) is 6.07 Å². The van der Waals surface area contributed by atoms with Crippen LogP contribution >= 0.6 is 0 Å². The summed E-state index contributed by atoms with van der Waals surface area (Å²) in [5.41, 5.74) is 1.57. The molecule has 1 atom stereocenters. The summed E-state index contributed by atoms with van der Waals surface area (Å²) in [5, 5.41) is 4.94. The quantitative estimate of drug-likeness (QED) is 0.813. The van der Waals surface area contributed by atoms with E-state index in [9.17, 15) is 18.0 Å². The molecule has 2 N–H and O–H groups in total. The van der Waals surface area contributed by atoms with Crippen molar-refractivity contribution >= 4 is 5.91 Å². The lowest BCUT2D eigenvalue weighted by atomic mass is 10.1. The van der Waals surface area contributed by atoms with Crippen molar-refractivity contribution in [1.82, 2.24) is 10.6 Å². The highest BCUT2D eigenvalue weighted by atomic mass is 19.4. The van der Waals surface area contributed by atoms with Crippen LogP contribution in [0.25, 0.3) is 0 Å². The first-order chi connectivity index (χ1) is 11.4. The second-order valence-corrected chi connectivity index (χ2v) is 5.43. The Morgan fingerprint density at radius 3 is 1.88 bits per heavy atom. The first-order valence-corrected chi connectivity index (χ1v) is 7.60. The van der Waals surface area contributed by atoms with Gasteiger partial charge in [-0.05, 0) is 11.1 Å². The van der Waals surface area contributed by atoms with Crippen molar-refractivity contribution in [2.24, 2.45) is 0 Å². The van der Waals surface area contributed by atoms with Crippen LogP contribution in [0.3, 0.4) is 0 Å². The lowest BCUT2D eigenvalue weighted by Gasteiger charge is -2.21. The fourth-order valence-electron chi connectivity index (χ4n) is 2.19. The summed E-state index contributed by atoms with van der Waals surface area (Å²) in [5.74, 6) is -0.637. The number of carbonyl (C=O) groups is 1. The maximum Gasteiger partial charge on any atom is 0.404 e. The van der Waals surface area contributed by atoms with Crippen molar-refractivity contribution in [3.63, 3.8) is 0 Å². The molecule has 0 aliphatic heterocycles. The molecule has 0 fully saturated rings. The predicted molar refractivity (Wildman–Crippen MR) is 86.0 cm³/mol. The highest BCUT2D eigenvalue weighted by molar-refractivity contribution is 5.76. The summed E-state index contributed by atoms with van der Waals surface area (Å²) in [4.78, 5) is 11.8. The normalized spacial score (nSPS) is 12.6. The van der Waals surface area contributed by atoms with Crippen LogP contribution in [0.1, 0.15) is 17.5 Å². The Hall–Kier alpha value is -2.34. The van der Waals surface area contributed by atoms with Gasteiger partial charge in [0.2, 0.25) is 5.91 Å². The highest BCUT2D eigenvalue weighted by Gasteiger charge is 2.40. The molecule has 0 aliphatic carbocycles. The third-order valence-corrected chi connectivity index (χ3v) is 3.51. The van der Waals surface area contributed by atoms with Gasteiger partial charge < -0.3 is 10.6 Å². The molecule has 2 rings (SSSR count). The standard InChI is InChI=1S/C18H19F3N2O/c19-18(20,21)16(22-12-14-7-3-1-4-8-14)11-17(24)23-13-15-9-5-2-6-10-15/h1-10,16,22H,11-13H2,(H,23,24). The van der Waals surface area contributed by atoms with Crippen LogP contribution in [0.4, 0.5) is 13.2 Å². The van der Waals surface area contributed by atoms with Gasteiger partial charge in [0.05, 0.1) is 6.42 Å². The first-order valence-electron chi connectivity index (χ1n) is 7.60. The highest BCUT2D eigenvalue weighted by Crippen LogP contribution is 2.23. The minimum absolute atomic E-state index is 0.0526. The third-order valence-electron chi connectivity index (χ3n) is 3.51. The average molecular weight is 336 g/mol. The molecule has 2 aromatic rings. The van der Waals surface area contributed by atoms with E-state index in [1.165, 1.54) is 0 Å². The number of hydrogen-bond acceptors (Lipinski definition) is 2. The molecule has 0 aliphatic rings. The summed E-state index contributed by atoms with van der Waals surface area (Å²) >= 11 is 0. The third kappa shape index (κ3) is 6.04. The lowest BCUT2D eigenvalue weighted by molar-refractivity contribution is -0.162. The molecule has 3 nitrogen and oxygen atoms in total. The van der Waals surface area contributed by atoms with Crippen molar-refractivity contribution in [3.05, 3.63) is 71.8 Å². The average Bonchev–Trinajstić information content (AvgIpc) is 2.57. The van der Waals surface area contributed by atoms with Crippen LogP contribution in [0, 0.1) is 0 Å². The number of alkyl halides is 3. The zero-order valence-corrected chi connectivity index (χ0v) is 13.0. The van der Waals surface area contributed by atoms with E-state index in [2.05, 4.69) is 10.6 Å². The molecule has 128 valence electrons. The van der Waals surface area contributed by atoms with Crippen molar-refractivity contribution < 1.29 is 18.0 Å². The zero-order chi connectivity index (χ0) is 17.4. The Morgan fingerprint density at radius 1 is 0.875 bits per heavy atom. The van der Waals surface area contributed by atoms with Crippen molar-refractivity contribution in [2.45, 2.75) is 31.7 Å². The Labute approximate surface area is 138 Å². The number of rotatable bonds is 7. The van der Waals surface area contributed by atoms with E-state index in [-0.39, 0.29) is 13.1 Å². The number of amides is 1. The zero-order valence-electron chi connectivity index (χ0n) is 13.0. The van der Waals surface area contributed by atoms with E-state index in [0.717, 1.165) is 11.1 Å². The fourth-order valence-corrected chi connectivity index (χ4v) is 2.19. The molecule has 0 aromatic heterocycles. The summed E-state index contributed by atoms with van der Waals surface area (Å²) in [6, 6.07) is 15.9. The summed E-state index contributed by atoms with van der Waals surface area (Å²) < 4.78 is 39.3. The molecule has 0 saturated carbocycles. The molecule has 1 unspecified atom stereocenters. The summed E-state index contributed by atoms with van der Waals surface area (Å²) in [7, 11) is 0. The van der Waals surface area contributed by atoms with Gasteiger partial charge in [-0.15, -0.1) is 0 Å². The van der Waals surface area contributed by atoms with Gasteiger partial charge in [-0.1, -0.05) is 60.7 Å². The van der Waals surface area contributed by atoms with Gasteiger partial charge in [0, 0.05) is 13.1 Å². The van der Waals surface area contributed by atoms with Crippen molar-refractivity contribution in [2.75, 3.05) is 0 Å². The minimum Gasteiger partial charge on any atom is -0.352 e. The van der Waals surface area contributed by atoms with Crippen LogP contribution in [0.15, 0.2) is 60.7 Å². The van der Waals surface area contributed by atoms with Gasteiger partial charge in [0.15, 0.2) is 0 Å². The van der Waals surface area contributed by atoms with Crippen molar-refractivity contribution in [1.29, 1.82) is 0 Å². The molecule has 6 heteroatoms. The van der Waals surface area contributed by atoms with Gasteiger partial charge in [-0.2, -0.15) is 13.2 Å². The maximum atomic E-state index is 13.1. The molecule has 0 saturated heterocycles. The van der Waals surface area contributed by atoms with Crippen molar-refractivity contribution in [3.8, 4) is 0 Å². The monoisotopic (exact) mass is 336 g/mol. The molecule has 0 spiro atoms. The van der Waals surface area contributed by atoms with Crippen LogP contribution in [-0.2, 0) is 17.9 Å². The van der Waals surface area contributed by atoms with Gasteiger partial charge in [0.25, 0.3) is 0 Å². The van der Waals surface area contributed by atoms with E-state index >= 15 is 0 Å². The lowest BCUT2D eigenvalue weighted by Crippen LogP contribution is -2.45. The van der Waals surface area contributed by atoms with Crippen LogP contribution < -0.4 is 10.6 Å². The summed E-state index contributed by atoms with van der Waals surface area (Å²) in [6.45, 7) is 0.264. The predicted octanol–water partition coefficient (Wildman–Crippen LogP) is 3.41. The molecule has 24 heavy (non-hydrogen) atoms. The number of benzene rings is 2. The number of nitrogens with one attached hydrogen (secondary N) is 2. The first kappa shape index (κ1) is 18.0. The van der Waals surface area contributed by atoms with Gasteiger partial charge in [0.1, 0.15) is 6.04 Å². The molecule has 0 radical (unpaired) electrons. The van der Waals surface area contributed by atoms with E-state index in [1.54, 1.807) is 54.6 Å². The van der Waals surface area contributed by atoms with Crippen LogP contribution in [0.2, 0.25) is 0 Å². The van der Waals surface area contributed by atoms with Crippen LogP contribution in [-0.4, -0.2) is 18.1 Å². The Balaban J connectivity index is 1.87. The largest absolute Gasteiger partial charge is 0.404 e. The second kappa shape index (κ2) is 8.49. The summed E-state index contributed by atoms with van der Waals surface area (Å²) in [6.07, 6.45) is -5.14. The second-order valence-electron chi connectivity index (χ2n) is 5.43. The van der Waals surface area contributed by atoms with E-state index in [0.29, 0.717) is 0 Å². The topological polar surface area (TPSA) is 41.1 Å². The Morgan fingerprint density at radius 2 is 1.38 bits per heavy atom. The Kier molecular flexibility index (Phi) is 6.37. The molecule has 1 amide bonds. The van der Waals surface area contributed by atoms with E-state index in [4.69, 9.17) is 0 Å².